The van der Waals surface area contributed by atoms with Crippen molar-refractivity contribution in [3.05, 3.63) is 0 Å². The Kier molecular flexibility index (Phi) is 4.22. The van der Waals surface area contributed by atoms with Gasteiger partial charge in [0, 0.05) is 25.2 Å². The first kappa shape index (κ1) is 12.3. The second-order valence-electron chi connectivity index (χ2n) is 5.64. The third kappa shape index (κ3) is 2.96. The van der Waals surface area contributed by atoms with Crippen molar-refractivity contribution >= 4 is 0 Å². The van der Waals surface area contributed by atoms with Crippen LogP contribution in [0.5, 0.6) is 0 Å². The molecule has 94 valence electrons. The summed E-state index contributed by atoms with van der Waals surface area (Å²) in [6.45, 7) is 7.66. The molecule has 0 bridgehead atoms. The first-order valence-corrected chi connectivity index (χ1v) is 6.73. The Morgan fingerprint density at radius 1 is 1.38 bits per heavy atom. The molecule has 16 heavy (non-hydrogen) atoms. The first-order chi connectivity index (χ1) is 7.66. The van der Waals surface area contributed by atoms with Gasteiger partial charge in [0.25, 0.3) is 0 Å². The normalized spacial score (nSPS) is 38.8. The minimum absolute atomic E-state index is 0.367. The number of rotatable bonds is 3. The average molecular weight is 226 g/mol. The van der Waals surface area contributed by atoms with Crippen LogP contribution in [-0.2, 0) is 4.74 Å². The van der Waals surface area contributed by atoms with Crippen LogP contribution in [0.2, 0.25) is 0 Å². The van der Waals surface area contributed by atoms with Crippen LogP contribution >= 0.6 is 0 Å². The lowest BCUT2D eigenvalue weighted by atomic mass is 10.0. The number of likely N-dealkylation sites (N-methyl/N-ethyl adjacent to an activating group) is 1. The van der Waals surface area contributed by atoms with Gasteiger partial charge in [-0.15, -0.1) is 0 Å². The lowest BCUT2D eigenvalue weighted by Gasteiger charge is -2.35. The van der Waals surface area contributed by atoms with E-state index < -0.39 is 0 Å². The molecular formula is C13H26N2O. The predicted octanol–water partition coefficient (Wildman–Crippen LogP) is 1.48. The highest BCUT2D eigenvalue weighted by molar-refractivity contribution is 4.86. The minimum Gasteiger partial charge on any atom is -0.374 e. The molecule has 3 heteroatoms. The fraction of sp³-hybridized carbons (Fsp3) is 1.00. The summed E-state index contributed by atoms with van der Waals surface area (Å²) in [5.74, 6) is 0.837. The Morgan fingerprint density at radius 2 is 2.19 bits per heavy atom. The lowest BCUT2D eigenvalue weighted by Crippen LogP contribution is -2.52. The van der Waals surface area contributed by atoms with Crippen molar-refractivity contribution in [2.75, 3.05) is 26.7 Å². The molecule has 1 saturated heterocycles. The molecule has 1 heterocycles. The first-order valence-electron chi connectivity index (χ1n) is 6.73. The van der Waals surface area contributed by atoms with Gasteiger partial charge in [0.2, 0.25) is 0 Å². The second kappa shape index (κ2) is 5.48. The Bertz CT molecular complexity index is 222. The Labute approximate surface area is 99.5 Å². The number of hydrogen-bond acceptors (Lipinski definition) is 3. The molecule has 3 nitrogen and oxygen atoms in total. The molecule has 4 atom stereocenters. The van der Waals surface area contributed by atoms with Gasteiger partial charge in [0.05, 0.1) is 12.7 Å². The number of ether oxygens (including phenoxy) is 1. The summed E-state index contributed by atoms with van der Waals surface area (Å²) in [5, 5.41) is 3.77. The molecule has 0 radical (unpaired) electrons. The van der Waals surface area contributed by atoms with Gasteiger partial charge in [-0.2, -0.15) is 0 Å². The van der Waals surface area contributed by atoms with Crippen molar-refractivity contribution in [2.24, 2.45) is 5.92 Å². The van der Waals surface area contributed by atoms with Gasteiger partial charge in [-0.25, -0.2) is 0 Å². The zero-order valence-electron chi connectivity index (χ0n) is 10.9. The van der Waals surface area contributed by atoms with Gasteiger partial charge in [0.1, 0.15) is 0 Å². The van der Waals surface area contributed by atoms with Gasteiger partial charge in [-0.3, -0.25) is 0 Å². The van der Waals surface area contributed by atoms with Gasteiger partial charge in [-0.05, 0) is 32.7 Å². The molecule has 0 aromatic rings. The van der Waals surface area contributed by atoms with Gasteiger partial charge >= 0.3 is 0 Å². The van der Waals surface area contributed by atoms with E-state index in [0.717, 1.165) is 25.6 Å². The maximum Gasteiger partial charge on any atom is 0.0852 e. The summed E-state index contributed by atoms with van der Waals surface area (Å²) >= 11 is 0. The molecule has 0 aromatic heterocycles. The zero-order chi connectivity index (χ0) is 11.5. The fourth-order valence-electron chi connectivity index (χ4n) is 2.95. The molecule has 1 N–H and O–H groups in total. The van der Waals surface area contributed by atoms with E-state index in [2.05, 4.69) is 31.1 Å². The van der Waals surface area contributed by atoms with Crippen LogP contribution in [0.3, 0.4) is 0 Å². The minimum atomic E-state index is 0.367. The van der Waals surface area contributed by atoms with Crippen LogP contribution in [-0.4, -0.2) is 49.8 Å². The van der Waals surface area contributed by atoms with Crippen LogP contribution in [0.15, 0.2) is 0 Å². The SMILES string of the molecule is CC1CCCC1NC(C)C1CN(C)CCO1. The molecule has 1 saturated carbocycles. The van der Waals surface area contributed by atoms with Crippen LogP contribution in [0.25, 0.3) is 0 Å². The van der Waals surface area contributed by atoms with E-state index in [4.69, 9.17) is 4.74 Å². The standard InChI is InChI=1S/C13H26N2O/c1-10-5-4-6-12(10)14-11(2)13-9-15(3)7-8-16-13/h10-14H,4-9H2,1-3H3. The summed E-state index contributed by atoms with van der Waals surface area (Å²) in [5.41, 5.74) is 0. The van der Waals surface area contributed by atoms with E-state index in [9.17, 15) is 0 Å². The van der Waals surface area contributed by atoms with Crippen LogP contribution in [0.1, 0.15) is 33.1 Å². The Hall–Kier alpha value is -0.120. The van der Waals surface area contributed by atoms with Gasteiger partial charge < -0.3 is 15.0 Å². The van der Waals surface area contributed by atoms with Crippen molar-refractivity contribution in [1.29, 1.82) is 0 Å². The van der Waals surface area contributed by atoms with Crippen molar-refractivity contribution in [2.45, 2.75) is 51.3 Å². The van der Waals surface area contributed by atoms with Crippen molar-refractivity contribution in [1.82, 2.24) is 10.2 Å². The molecule has 4 unspecified atom stereocenters. The average Bonchev–Trinajstić information content (AvgIpc) is 2.64. The van der Waals surface area contributed by atoms with Crippen LogP contribution < -0.4 is 5.32 Å². The fourth-order valence-corrected chi connectivity index (χ4v) is 2.95. The van der Waals surface area contributed by atoms with Crippen molar-refractivity contribution in [3.8, 4) is 0 Å². The van der Waals surface area contributed by atoms with E-state index in [1.807, 2.05) is 0 Å². The van der Waals surface area contributed by atoms with E-state index in [1.165, 1.54) is 19.3 Å². The highest BCUT2D eigenvalue weighted by Crippen LogP contribution is 2.25. The van der Waals surface area contributed by atoms with E-state index >= 15 is 0 Å². The highest BCUT2D eigenvalue weighted by Gasteiger charge is 2.29. The topological polar surface area (TPSA) is 24.5 Å². The van der Waals surface area contributed by atoms with Gasteiger partial charge in [0.15, 0.2) is 0 Å². The van der Waals surface area contributed by atoms with E-state index in [0.29, 0.717) is 18.2 Å². The number of nitrogens with one attached hydrogen (secondary N) is 1. The maximum atomic E-state index is 5.85. The summed E-state index contributed by atoms with van der Waals surface area (Å²) in [6.07, 6.45) is 4.48. The molecule has 2 fully saturated rings. The summed E-state index contributed by atoms with van der Waals surface area (Å²) in [7, 11) is 2.18. The molecule has 0 aromatic carbocycles. The molecule has 0 amide bonds. The van der Waals surface area contributed by atoms with E-state index in [-0.39, 0.29) is 0 Å². The monoisotopic (exact) mass is 226 g/mol. The Morgan fingerprint density at radius 3 is 2.81 bits per heavy atom. The van der Waals surface area contributed by atoms with Crippen LogP contribution in [0.4, 0.5) is 0 Å². The molecule has 1 aliphatic heterocycles. The predicted molar refractivity (Wildman–Crippen MR) is 66.6 cm³/mol. The maximum absolute atomic E-state index is 5.85. The molecule has 2 aliphatic rings. The smallest absolute Gasteiger partial charge is 0.0852 e. The number of nitrogens with zero attached hydrogens (tertiary/aromatic N) is 1. The highest BCUT2D eigenvalue weighted by atomic mass is 16.5. The largest absolute Gasteiger partial charge is 0.374 e. The van der Waals surface area contributed by atoms with Crippen LogP contribution in [0, 0.1) is 5.92 Å². The third-order valence-corrected chi connectivity index (χ3v) is 4.19. The Balaban J connectivity index is 1.80. The van der Waals surface area contributed by atoms with E-state index in [1.54, 1.807) is 0 Å². The summed E-state index contributed by atoms with van der Waals surface area (Å²) in [4.78, 5) is 2.37. The summed E-state index contributed by atoms with van der Waals surface area (Å²) in [6, 6.07) is 1.19. The second-order valence-corrected chi connectivity index (χ2v) is 5.64. The molecule has 1 aliphatic carbocycles. The molecule has 2 rings (SSSR count). The quantitative estimate of drug-likeness (QED) is 0.789. The van der Waals surface area contributed by atoms with Crippen molar-refractivity contribution < 1.29 is 4.74 Å². The van der Waals surface area contributed by atoms with Gasteiger partial charge in [-0.1, -0.05) is 13.3 Å². The number of morpholine rings is 1. The lowest BCUT2D eigenvalue weighted by molar-refractivity contribution is -0.0376. The van der Waals surface area contributed by atoms with Crippen molar-refractivity contribution in [3.63, 3.8) is 0 Å². The zero-order valence-corrected chi connectivity index (χ0v) is 10.9. The third-order valence-electron chi connectivity index (χ3n) is 4.19. The summed E-state index contributed by atoms with van der Waals surface area (Å²) < 4.78 is 5.85. The molecule has 0 spiro atoms. The number of hydrogen-bond donors (Lipinski definition) is 1. The molecular weight excluding hydrogens is 200 g/mol.